The van der Waals surface area contributed by atoms with Gasteiger partial charge in [-0.25, -0.2) is 0 Å². The summed E-state index contributed by atoms with van der Waals surface area (Å²) in [5.74, 6) is 2.30. The molecule has 0 aliphatic rings. The van der Waals surface area contributed by atoms with E-state index in [-0.39, 0.29) is 0 Å². The fourth-order valence-electron chi connectivity index (χ4n) is 1.02. The normalized spacial score (nSPS) is 10.4. The Bertz CT molecular complexity index is 117. The summed E-state index contributed by atoms with van der Waals surface area (Å²) in [5.41, 5.74) is 0. The van der Waals surface area contributed by atoms with Crippen molar-refractivity contribution in [3.05, 3.63) is 12.1 Å². The Hall–Kier alpha value is -0.525. The Morgan fingerprint density at radius 2 is 2.00 bits per heavy atom. The van der Waals surface area contributed by atoms with Crippen molar-refractivity contribution >= 4 is 13.4 Å². The second-order valence-electron chi connectivity index (χ2n) is 2.74. The second-order valence-corrected chi connectivity index (χ2v) is 2.74. The van der Waals surface area contributed by atoms with Crippen molar-refractivity contribution in [2.75, 3.05) is 6.54 Å². The maximum Gasteiger partial charge on any atom is 0.165 e. The number of rotatable bonds is 6. The van der Waals surface area contributed by atoms with Crippen molar-refractivity contribution in [2.24, 2.45) is 4.99 Å². The van der Waals surface area contributed by atoms with Gasteiger partial charge in [0.1, 0.15) is 0 Å². The zero-order chi connectivity index (χ0) is 8.53. The molecule has 0 spiro atoms. The number of hydrogen-bond donors (Lipinski definition) is 0. The molecule has 0 aromatic heterocycles. The first kappa shape index (κ1) is 10.5. The van der Waals surface area contributed by atoms with E-state index in [1.54, 1.807) is 0 Å². The van der Waals surface area contributed by atoms with E-state index in [1.165, 1.54) is 12.6 Å². The maximum absolute atomic E-state index is 3.78. The molecule has 0 heterocycles. The topological polar surface area (TPSA) is 12.4 Å². The van der Waals surface area contributed by atoms with E-state index in [9.17, 15) is 0 Å². The molecule has 2 heteroatoms. The third-order valence-corrected chi connectivity index (χ3v) is 1.91. The molecule has 0 fully saturated rings. The molecule has 0 saturated carbocycles. The minimum Gasteiger partial charge on any atom is -0.301 e. The third kappa shape index (κ3) is 5.90. The first-order chi connectivity index (χ1) is 5.35. The van der Waals surface area contributed by atoms with Crippen molar-refractivity contribution < 1.29 is 0 Å². The van der Waals surface area contributed by atoms with Gasteiger partial charge < -0.3 is 4.99 Å². The van der Waals surface area contributed by atoms with E-state index in [2.05, 4.69) is 37.6 Å². The Labute approximate surface area is 70.7 Å². The molecule has 0 atom stereocenters. The standard InChI is InChI=1S/C9H18BN/c1-4-10(5-2)8-6-7-9-11-3/h6,8H,3-5,7,9H2,1-2H3/b8-6+. The molecular formula is C9H18BN. The summed E-state index contributed by atoms with van der Waals surface area (Å²) >= 11 is 0. The summed E-state index contributed by atoms with van der Waals surface area (Å²) in [6.45, 7) is 9.51. The molecule has 1 nitrogen and oxygen atoms in total. The summed E-state index contributed by atoms with van der Waals surface area (Å²) in [6, 6.07) is 0. The van der Waals surface area contributed by atoms with E-state index in [1.807, 2.05) is 0 Å². The highest BCUT2D eigenvalue weighted by Gasteiger charge is 2.00. The van der Waals surface area contributed by atoms with Gasteiger partial charge in [0, 0.05) is 6.54 Å². The van der Waals surface area contributed by atoms with Crippen LogP contribution in [-0.4, -0.2) is 20.0 Å². The van der Waals surface area contributed by atoms with Crippen molar-refractivity contribution in [3.63, 3.8) is 0 Å². The molecule has 11 heavy (non-hydrogen) atoms. The SMILES string of the molecule is C=NCC/C=C/B(CC)CC. The monoisotopic (exact) mass is 151 g/mol. The molecule has 0 aromatic carbocycles. The lowest BCUT2D eigenvalue weighted by molar-refractivity contribution is 1.02. The average molecular weight is 151 g/mol. The van der Waals surface area contributed by atoms with Crippen LogP contribution in [0.1, 0.15) is 20.3 Å². The lowest BCUT2D eigenvalue weighted by Gasteiger charge is -1.99. The minimum absolute atomic E-state index is 0.764. The average Bonchev–Trinajstić information content (AvgIpc) is 2.05. The molecule has 62 valence electrons. The number of aliphatic imine (C=N–C) groups is 1. The van der Waals surface area contributed by atoms with Crippen molar-refractivity contribution in [3.8, 4) is 0 Å². The van der Waals surface area contributed by atoms with Crippen LogP contribution >= 0.6 is 0 Å². The molecule has 0 unspecified atom stereocenters. The summed E-state index contributed by atoms with van der Waals surface area (Å²) in [4.78, 5) is 3.78. The minimum atomic E-state index is 0.764. The van der Waals surface area contributed by atoms with Gasteiger partial charge in [-0.1, -0.05) is 32.6 Å². The van der Waals surface area contributed by atoms with Gasteiger partial charge in [-0.05, 0) is 13.1 Å². The molecule has 0 aliphatic heterocycles. The van der Waals surface area contributed by atoms with Gasteiger partial charge in [-0.15, -0.1) is 5.98 Å². The van der Waals surface area contributed by atoms with E-state index in [4.69, 9.17) is 0 Å². The molecule has 0 aromatic rings. The third-order valence-electron chi connectivity index (χ3n) is 1.91. The van der Waals surface area contributed by atoms with Crippen LogP contribution in [0.15, 0.2) is 17.0 Å². The Morgan fingerprint density at radius 1 is 1.36 bits per heavy atom. The van der Waals surface area contributed by atoms with E-state index in [0.717, 1.165) is 19.7 Å². The predicted molar refractivity (Wildman–Crippen MR) is 54.9 cm³/mol. The highest BCUT2D eigenvalue weighted by atomic mass is 14.7. The fourth-order valence-corrected chi connectivity index (χ4v) is 1.02. The Morgan fingerprint density at radius 3 is 2.45 bits per heavy atom. The molecule has 0 bridgehead atoms. The Kier molecular flexibility index (Phi) is 7.22. The van der Waals surface area contributed by atoms with Crippen LogP contribution < -0.4 is 0 Å². The number of nitrogens with zero attached hydrogens (tertiary/aromatic N) is 1. The van der Waals surface area contributed by atoms with E-state index in [0.29, 0.717) is 0 Å². The maximum atomic E-state index is 3.78. The van der Waals surface area contributed by atoms with Crippen molar-refractivity contribution in [1.82, 2.24) is 0 Å². The highest BCUT2D eigenvalue weighted by Crippen LogP contribution is 2.00. The lowest BCUT2D eigenvalue weighted by Crippen LogP contribution is -2.03. The highest BCUT2D eigenvalue weighted by molar-refractivity contribution is 6.64. The van der Waals surface area contributed by atoms with E-state index >= 15 is 0 Å². The van der Waals surface area contributed by atoms with Crippen LogP contribution in [0.2, 0.25) is 12.6 Å². The lowest BCUT2D eigenvalue weighted by atomic mass is 9.46. The fraction of sp³-hybridized carbons (Fsp3) is 0.667. The molecule has 0 N–H and O–H groups in total. The quantitative estimate of drug-likeness (QED) is 0.314. The molecule has 0 saturated heterocycles. The smallest absolute Gasteiger partial charge is 0.165 e. The first-order valence-corrected chi connectivity index (χ1v) is 4.44. The molecule has 0 aliphatic carbocycles. The molecule has 0 amide bonds. The van der Waals surface area contributed by atoms with Gasteiger partial charge in [0.2, 0.25) is 0 Å². The van der Waals surface area contributed by atoms with Gasteiger partial charge in [0.05, 0.1) is 0 Å². The summed E-state index contributed by atoms with van der Waals surface area (Å²) < 4.78 is 0. The van der Waals surface area contributed by atoms with Crippen LogP contribution in [0.3, 0.4) is 0 Å². The van der Waals surface area contributed by atoms with Gasteiger partial charge >= 0.3 is 0 Å². The molecule has 0 rings (SSSR count). The Balaban J connectivity index is 3.44. The van der Waals surface area contributed by atoms with Gasteiger partial charge in [0.25, 0.3) is 0 Å². The van der Waals surface area contributed by atoms with Crippen LogP contribution in [0, 0.1) is 0 Å². The van der Waals surface area contributed by atoms with Crippen LogP contribution in [0.4, 0.5) is 0 Å². The zero-order valence-electron chi connectivity index (χ0n) is 7.71. The van der Waals surface area contributed by atoms with Crippen molar-refractivity contribution in [1.29, 1.82) is 0 Å². The van der Waals surface area contributed by atoms with E-state index < -0.39 is 0 Å². The predicted octanol–water partition coefficient (Wildman–Crippen LogP) is 2.71. The zero-order valence-corrected chi connectivity index (χ0v) is 7.71. The molecule has 0 radical (unpaired) electrons. The largest absolute Gasteiger partial charge is 0.301 e. The number of hydrogen-bond acceptors (Lipinski definition) is 1. The summed E-state index contributed by atoms with van der Waals surface area (Å²) in [5, 5.41) is 0. The van der Waals surface area contributed by atoms with Gasteiger partial charge in [-0.3, -0.25) is 0 Å². The van der Waals surface area contributed by atoms with Crippen LogP contribution in [0.25, 0.3) is 0 Å². The molecular weight excluding hydrogens is 133 g/mol. The van der Waals surface area contributed by atoms with Gasteiger partial charge in [-0.2, -0.15) is 0 Å². The van der Waals surface area contributed by atoms with Crippen LogP contribution in [-0.2, 0) is 0 Å². The second kappa shape index (κ2) is 7.58. The summed E-state index contributed by atoms with van der Waals surface area (Å²) in [7, 11) is 0. The van der Waals surface area contributed by atoms with Crippen molar-refractivity contribution in [2.45, 2.75) is 32.9 Å². The van der Waals surface area contributed by atoms with Crippen LogP contribution in [0.5, 0.6) is 0 Å². The summed E-state index contributed by atoms with van der Waals surface area (Å²) in [6.07, 6.45) is 5.75. The van der Waals surface area contributed by atoms with Gasteiger partial charge in [0.15, 0.2) is 6.71 Å². The first-order valence-electron chi connectivity index (χ1n) is 4.44.